The number of hydrogen-bond donors (Lipinski definition) is 0. The summed E-state index contributed by atoms with van der Waals surface area (Å²) in [5.74, 6) is 0.895. The minimum Gasteiger partial charge on any atom is -0.490 e. The number of ether oxygens (including phenoxy) is 1. The minimum absolute atomic E-state index is 0.817. The average Bonchev–Trinajstić information content (AvgIpc) is 2.47. The average molecular weight is 253 g/mol. The standard InChI is InChI=1S/C16H17N2O/c1-17-12-18(11-13-7-3-4-8-14(13)17)15-9-5-6-10-16(15)19-2/h3-11H,12H2,1-2H3/q+1. The Balaban J connectivity index is 2.10. The number of para-hydroxylation sites is 3. The van der Waals surface area contributed by atoms with Gasteiger partial charge in [0.1, 0.15) is 0 Å². The largest absolute Gasteiger partial charge is 0.490 e. The summed E-state index contributed by atoms with van der Waals surface area (Å²) in [4.78, 5) is 2.24. The molecule has 0 atom stereocenters. The summed E-state index contributed by atoms with van der Waals surface area (Å²) in [6.07, 6.45) is 2.17. The number of hydrogen-bond acceptors (Lipinski definition) is 2. The number of benzene rings is 2. The molecule has 3 nitrogen and oxygen atoms in total. The lowest BCUT2D eigenvalue weighted by atomic mass is 10.1. The van der Waals surface area contributed by atoms with E-state index in [9.17, 15) is 0 Å². The first-order valence-electron chi connectivity index (χ1n) is 6.34. The Morgan fingerprint density at radius 2 is 1.79 bits per heavy atom. The maximum absolute atomic E-state index is 5.44. The minimum atomic E-state index is 0.817. The molecular weight excluding hydrogens is 236 g/mol. The van der Waals surface area contributed by atoms with Crippen molar-refractivity contribution in [1.29, 1.82) is 0 Å². The van der Waals surface area contributed by atoms with Gasteiger partial charge < -0.3 is 9.64 Å². The van der Waals surface area contributed by atoms with Gasteiger partial charge in [0.2, 0.25) is 12.4 Å². The smallest absolute Gasteiger partial charge is 0.249 e. The summed E-state index contributed by atoms with van der Waals surface area (Å²) in [6.45, 7) is 0.817. The maximum Gasteiger partial charge on any atom is 0.249 e. The van der Waals surface area contributed by atoms with Gasteiger partial charge in [0.05, 0.1) is 18.4 Å². The Kier molecular flexibility index (Phi) is 2.95. The summed E-state index contributed by atoms with van der Waals surface area (Å²) in [7, 11) is 3.81. The normalized spacial score (nSPS) is 13.8. The van der Waals surface area contributed by atoms with Gasteiger partial charge in [0, 0.05) is 13.1 Å². The van der Waals surface area contributed by atoms with Gasteiger partial charge in [-0.2, -0.15) is 4.58 Å². The molecule has 3 rings (SSSR count). The van der Waals surface area contributed by atoms with Gasteiger partial charge in [-0.25, -0.2) is 0 Å². The molecule has 0 amide bonds. The van der Waals surface area contributed by atoms with E-state index in [-0.39, 0.29) is 0 Å². The Hall–Kier alpha value is -2.29. The first-order chi connectivity index (χ1) is 9.29. The van der Waals surface area contributed by atoms with E-state index in [1.165, 1.54) is 11.3 Å². The third-order valence-corrected chi connectivity index (χ3v) is 3.40. The van der Waals surface area contributed by atoms with Crippen LogP contribution >= 0.6 is 0 Å². The molecular formula is C16H17N2O+. The van der Waals surface area contributed by atoms with Crippen LogP contribution in [0, 0.1) is 0 Å². The van der Waals surface area contributed by atoms with E-state index in [2.05, 4.69) is 53.1 Å². The van der Waals surface area contributed by atoms with Crippen molar-refractivity contribution in [3.05, 3.63) is 54.1 Å². The zero-order valence-corrected chi connectivity index (χ0v) is 11.2. The van der Waals surface area contributed by atoms with Crippen LogP contribution in [0.15, 0.2) is 48.5 Å². The van der Waals surface area contributed by atoms with Crippen LogP contribution in [0.3, 0.4) is 0 Å². The second kappa shape index (κ2) is 4.76. The summed E-state index contributed by atoms with van der Waals surface area (Å²) in [5.41, 5.74) is 3.57. The molecule has 0 aromatic heterocycles. The predicted molar refractivity (Wildman–Crippen MR) is 77.8 cm³/mol. The highest BCUT2D eigenvalue weighted by molar-refractivity contribution is 5.87. The monoisotopic (exact) mass is 253 g/mol. The van der Waals surface area contributed by atoms with Gasteiger partial charge in [-0.05, 0) is 18.2 Å². The highest BCUT2D eigenvalue weighted by Gasteiger charge is 2.23. The van der Waals surface area contributed by atoms with Gasteiger partial charge in [-0.15, -0.1) is 0 Å². The van der Waals surface area contributed by atoms with E-state index in [1.807, 2.05) is 18.2 Å². The topological polar surface area (TPSA) is 15.5 Å². The summed E-state index contributed by atoms with van der Waals surface area (Å²) < 4.78 is 7.65. The van der Waals surface area contributed by atoms with Crippen molar-refractivity contribution in [3.8, 4) is 5.75 Å². The quantitative estimate of drug-likeness (QED) is 0.765. The molecule has 0 radical (unpaired) electrons. The fourth-order valence-electron chi connectivity index (χ4n) is 2.47. The van der Waals surface area contributed by atoms with Crippen molar-refractivity contribution >= 4 is 17.6 Å². The van der Waals surface area contributed by atoms with Crippen molar-refractivity contribution in [2.45, 2.75) is 0 Å². The molecule has 1 aliphatic rings. The lowest BCUT2D eigenvalue weighted by molar-refractivity contribution is -0.435. The first kappa shape index (κ1) is 11.8. The van der Waals surface area contributed by atoms with E-state index < -0.39 is 0 Å². The van der Waals surface area contributed by atoms with Crippen molar-refractivity contribution in [3.63, 3.8) is 0 Å². The number of methoxy groups -OCH3 is 1. The van der Waals surface area contributed by atoms with Crippen LogP contribution in [0.4, 0.5) is 11.4 Å². The molecule has 1 heterocycles. The van der Waals surface area contributed by atoms with Crippen LogP contribution in [0.25, 0.3) is 0 Å². The number of nitrogens with zero attached hydrogens (tertiary/aromatic N) is 2. The molecule has 0 saturated carbocycles. The molecule has 96 valence electrons. The zero-order chi connectivity index (χ0) is 13.2. The lowest BCUT2D eigenvalue weighted by Gasteiger charge is -2.23. The van der Waals surface area contributed by atoms with Crippen LogP contribution < -0.4 is 9.64 Å². The molecule has 0 fully saturated rings. The van der Waals surface area contributed by atoms with Crippen molar-refractivity contribution < 1.29 is 9.31 Å². The molecule has 0 aliphatic carbocycles. The zero-order valence-electron chi connectivity index (χ0n) is 11.2. The molecule has 2 aromatic rings. The Morgan fingerprint density at radius 3 is 2.63 bits per heavy atom. The number of rotatable bonds is 2. The third kappa shape index (κ3) is 2.08. The van der Waals surface area contributed by atoms with E-state index >= 15 is 0 Å². The predicted octanol–water partition coefficient (Wildman–Crippen LogP) is 2.87. The van der Waals surface area contributed by atoms with Crippen LogP contribution in [0.2, 0.25) is 0 Å². The van der Waals surface area contributed by atoms with Crippen molar-refractivity contribution in [2.75, 3.05) is 25.7 Å². The van der Waals surface area contributed by atoms with Gasteiger partial charge in [0.25, 0.3) is 0 Å². The summed E-state index contributed by atoms with van der Waals surface area (Å²) in [6, 6.07) is 16.5. The van der Waals surface area contributed by atoms with Crippen LogP contribution in [0.5, 0.6) is 5.75 Å². The summed E-state index contributed by atoms with van der Waals surface area (Å²) >= 11 is 0. The van der Waals surface area contributed by atoms with Crippen molar-refractivity contribution in [1.82, 2.24) is 0 Å². The fourth-order valence-corrected chi connectivity index (χ4v) is 2.47. The van der Waals surface area contributed by atoms with Gasteiger partial charge in [0.15, 0.2) is 12.0 Å². The third-order valence-electron chi connectivity index (χ3n) is 3.40. The molecule has 1 aliphatic heterocycles. The van der Waals surface area contributed by atoms with E-state index in [4.69, 9.17) is 4.74 Å². The molecule has 0 unspecified atom stereocenters. The summed E-state index contributed by atoms with van der Waals surface area (Å²) in [5, 5.41) is 0. The van der Waals surface area contributed by atoms with Crippen molar-refractivity contribution in [2.24, 2.45) is 0 Å². The molecule has 0 N–H and O–H groups in total. The highest BCUT2D eigenvalue weighted by Crippen LogP contribution is 2.29. The SMILES string of the molecule is COc1ccccc1[N+]1=Cc2ccccc2N(C)C1. The second-order valence-electron chi connectivity index (χ2n) is 4.67. The van der Waals surface area contributed by atoms with Gasteiger partial charge in [-0.1, -0.05) is 24.3 Å². The molecule has 3 heteroatoms. The fraction of sp³-hybridized carbons (Fsp3) is 0.188. The number of anilines is 1. The maximum atomic E-state index is 5.44. The van der Waals surface area contributed by atoms with E-state index in [0.717, 1.165) is 18.1 Å². The second-order valence-corrected chi connectivity index (χ2v) is 4.67. The molecule has 0 saturated heterocycles. The molecule has 2 aromatic carbocycles. The Morgan fingerprint density at radius 1 is 1.05 bits per heavy atom. The lowest BCUT2D eigenvalue weighted by Crippen LogP contribution is -2.32. The Bertz CT molecular complexity index is 634. The number of fused-ring (bicyclic) bond motifs is 1. The van der Waals surface area contributed by atoms with Gasteiger partial charge in [-0.3, -0.25) is 0 Å². The molecule has 0 bridgehead atoms. The van der Waals surface area contributed by atoms with E-state index in [0.29, 0.717) is 0 Å². The first-order valence-corrected chi connectivity index (χ1v) is 6.34. The molecule has 19 heavy (non-hydrogen) atoms. The van der Waals surface area contributed by atoms with E-state index in [1.54, 1.807) is 7.11 Å². The van der Waals surface area contributed by atoms with Crippen LogP contribution in [-0.2, 0) is 0 Å². The van der Waals surface area contributed by atoms with Crippen LogP contribution in [0.1, 0.15) is 5.56 Å². The molecule has 0 spiro atoms. The Labute approximate surface area is 113 Å². The van der Waals surface area contributed by atoms with Crippen LogP contribution in [-0.4, -0.2) is 31.6 Å². The van der Waals surface area contributed by atoms with Gasteiger partial charge >= 0.3 is 0 Å². The highest BCUT2D eigenvalue weighted by atomic mass is 16.5.